The molecule has 4 nitrogen and oxygen atoms in total. The molecule has 27 heavy (non-hydrogen) atoms. The van der Waals surface area contributed by atoms with Crippen molar-refractivity contribution in [3.05, 3.63) is 76.0 Å². The summed E-state index contributed by atoms with van der Waals surface area (Å²) < 4.78 is 5.93. The van der Waals surface area contributed by atoms with Gasteiger partial charge in [-0.2, -0.15) is 0 Å². The molecule has 1 heterocycles. The van der Waals surface area contributed by atoms with Gasteiger partial charge >= 0.3 is 0 Å². The second-order valence-electron chi connectivity index (χ2n) is 6.69. The van der Waals surface area contributed by atoms with Crippen LogP contribution in [0.15, 0.2) is 59.8 Å². The number of carbonyl (C=O) groups excluding carboxylic acids is 1. The van der Waals surface area contributed by atoms with Crippen LogP contribution in [0, 0.1) is 0 Å². The number of ether oxygens (including phenoxy) is 1. The minimum Gasteiger partial charge on any atom is -0.489 e. The number of Topliss-reactive ketones (excluding diaryl/α,β-unsaturated/α-hetero) is 1. The van der Waals surface area contributed by atoms with Gasteiger partial charge < -0.3 is 15.4 Å². The standard InChI is InChI=1S/C21H19ClN2O2S/c22-15-9-7-13(8-10-15)12-26-16-4-1-3-14(11-16)20-19-17(23-21(27)24-20)5-2-6-18(19)25/h1,3-4,7-11,20H,2,5-6,12H2,(H2,23,24,27). The number of hydrogen-bond donors (Lipinski definition) is 2. The maximum atomic E-state index is 12.5. The summed E-state index contributed by atoms with van der Waals surface area (Å²) in [6, 6.07) is 15.2. The number of halogens is 1. The summed E-state index contributed by atoms with van der Waals surface area (Å²) in [7, 11) is 0. The van der Waals surface area contributed by atoms with Crippen LogP contribution in [0.4, 0.5) is 0 Å². The van der Waals surface area contributed by atoms with E-state index in [4.69, 9.17) is 28.6 Å². The second-order valence-corrected chi connectivity index (χ2v) is 7.53. The molecule has 0 fully saturated rings. The fraction of sp³-hybridized carbons (Fsp3) is 0.238. The lowest BCUT2D eigenvalue weighted by Gasteiger charge is -2.33. The van der Waals surface area contributed by atoms with Gasteiger partial charge in [0.15, 0.2) is 10.9 Å². The maximum absolute atomic E-state index is 12.5. The number of rotatable bonds is 4. The van der Waals surface area contributed by atoms with E-state index in [1.54, 1.807) is 0 Å². The van der Waals surface area contributed by atoms with Gasteiger partial charge in [0.25, 0.3) is 0 Å². The predicted octanol–water partition coefficient (Wildman–Crippen LogP) is 4.44. The van der Waals surface area contributed by atoms with Crippen LogP contribution in [0.25, 0.3) is 0 Å². The van der Waals surface area contributed by atoms with Gasteiger partial charge in [0.2, 0.25) is 0 Å². The van der Waals surface area contributed by atoms with Gasteiger partial charge in [0, 0.05) is 22.7 Å². The lowest BCUT2D eigenvalue weighted by Crippen LogP contribution is -2.46. The fourth-order valence-corrected chi connectivity index (χ4v) is 3.85. The molecule has 2 N–H and O–H groups in total. The zero-order chi connectivity index (χ0) is 18.8. The van der Waals surface area contributed by atoms with Crippen molar-refractivity contribution in [3.8, 4) is 5.75 Å². The highest BCUT2D eigenvalue weighted by Crippen LogP contribution is 2.34. The van der Waals surface area contributed by atoms with E-state index < -0.39 is 0 Å². The molecular weight excluding hydrogens is 380 g/mol. The van der Waals surface area contributed by atoms with Crippen molar-refractivity contribution in [1.82, 2.24) is 10.6 Å². The molecule has 1 atom stereocenters. The topological polar surface area (TPSA) is 50.4 Å². The second kappa shape index (κ2) is 7.71. The Morgan fingerprint density at radius 2 is 1.96 bits per heavy atom. The first-order valence-electron chi connectivity index (χ1n) is 8.91. The normalized spacial score (nSPS) is 19.2. The highest BCUT2D eigenvalue weighted by Gasteiger charge is 2.33. The first-order chi connectivity index (χ1) is 13.1. The van der Waals surface area contributed by atoms with Crippen LogP contribution < -0.4 is 15.4 Å². The molecule has 2 aromatic rings. The average Bonchev–Trinajstić information content (AvgIpc) is 2.67. The molecule has 0 amide bonds. The average molecular weight is 399 g/mol. The predicted molar refractivity (Wildman–Crippen MR) is 110 cm³/mol. The summed E-state index contributed by atoms with van der Waals surface area (Å²) in [5.74, 6) is 0.926. The molecule has 0 spiro atoms. The molecule has 0 aromatic heterocycles. The minimum atomic E-state index is -0.236. The van der Waals surface area contributed by atoms with E-state index in [1.165, 1.54) is 0 Å². The van der Waals surface area contributed by atoms with Crippen LogP contribution in [0.5, 0.6) is 5.75 Å². The van der Waals surface area contributed by atoms with Crippen LogP contribution >= 0.6 is 23.8 Å². The van der Waals surface area contributed by atoms with E-state index in [0.717, 1.165) is 41.0 Å². The van der Waals surface area contributed by atoms with Crippen molar-refractivity contribution < 1.29 is 9.53 Å². The SMILES string of the molecule is O=C1CCCC2=C1C(c1cccc(OCc3ccc(Cl)cc3)c1)NC(=S)N2. The van der Waals surface area contributed by atoms with Crippen LogP contribution in [-0.2, 0) is 11.4 Å². The number of benzene rings is 2. The molecule has 138 valence electrons. The van der Waals surface area contributed by atoms with E-state index in [9.17, 15) is 4.79 Å². The molecule has 2 aliphatic rings. The first-order valence-corrected chi connectivity index (χ1v) is 9.70. The zero-order valence-corrected chi connectivity index (χ0v) is 16.2. The summed E-state index contributed by atoms with van der Waals surface area (Å²) >= 11 is 11.3. The van der Waals surface area contributed by atoms with Crippen molar-refractivity contribution in [2.45, 2.75) is 31.9 Å². The van der Waals surface area contributed by atoms with Gasteiger partial charge in [-0.25, -0.2) is 0 Å². The Balaban J connectivity index is 1.57. The lowest BCUT2D eigenvalue weighted by molar-refractivity contribution is -0.116. The lowest BCUT2D eigenvalue weighted by atomic mass is 9.85. The molecule has 2 aromatic carbocycles. The third-order valence-electron chi connectivity index (χ3n) is 4.79. The number of allylic oxidation sites excluding steroid dienone is 1. The van der Waals surface area contributed by atoms with Crippen molar-refractivity contribution in [3.63, 3.8) is 0 Å². The Morgan fingerprint density at radius 1 is 1.15 bits per heavy atom. The molecule has 6 heteroatoms. The molecule has 0 saturated heterocycles. The highest BCUT2D eigenvalue weighted by molar-refractivity contribution is 7.80. The third kappa shape index (κ3) is 3.99. The zero-order valence-electron chi connectivity index (χ0n) is 14.6. The van der Waals surface area contributed by atoms with Crippen LogP contribution in [0.3, 0.4) is 0 Å². The molecule has 0 saturated carbocycles. The highest BCUT2D eigenvalue weighted by atomic mass is 35.5. The molecule has 1 aliphatic heterocycles. The Morgan fingerprint density at radius 3 is 2.78 bits per heavy atom. The smallest absolute Gasteiger partial charge is 0.171 e. The Hall–Kier alpha value is -2.37. The fourth-order valence-electron chi connectivity index (χ4n) is 3.49. The molecule has 1 aliphatic carbocycles. The largest absolute Gasteiger partial charge is 0.489 e. The molecule has 1 unspecified atom stereocenters. The van der Waals surface area contributed by atoms with Crippen LogP contribution in [-0.4, -0.2) is 10.9 Å². The van der Waals surface area contributed by atoms with E-state index in [-0.39, 0.29) is 11.8 Å². The van der Waals surface area contributed by atoms with Crippen molar-refractivity contribution in [1.29, 1.82) is 0 Å². The van der Waals surface area contributed by atoms with Gasteiger partial charge in [0.05, 0.1) is 6.04 Å². The number of carbonyl (C=O) groups is 1. The quantitative estimate of drug-likeness (QED) is 0.745. The van der Waals surface area contributed by atoms with Gasteiger partial charge in [-0.05, 0) is 60.5 Å². The number of hydrogen-bond acceptors (Lipinski definition) is 3. The van der Waals surface area contributed by atoms with Crippen molar-refractivity contribution in [2.24, 2.45) is 0 Å². The van der Waals surface area contributed by atoms with Crippen LogP contribution in [0.2, 0.25) is 5.02 Å². The third-order valence-corrected chi connectivity index (χ3v) is 5.27. The van der Waals surface area contributed by atoms with E-state index in [1.807, 2.05) is 48.5 Å². The molecule has 0 radical (unpaired) electrons. The summed E-state index contributed by atoms with van der Waals surface area (Å²) in [5.41, 5.74) is 3.76. The van der Waals surface area contributed by atoms with Gasteiger partial charge in [-0.1, -0.05) is 35.9 Å². The first kappa shape index (κ1) is 18.0. The number of ketones is 1. The molecule has 4 rings (SSSR count). The minimum absolute atomic E-state index is 0.177. The van der Waals surface area contributed by atoms with Crippen LogP contribution in [0.1, 0.15) is 36.4 Å². The van der Waals surface area contributed by atoms with E-state index in [0.29, 0.717) is 23.2 Å². The Labute approximate surface area is 168 Å². The Bertz CT molecular complexity index is 924. The summed E-state index contributed by atoms with van der Waals surface area (Å²) in [6.45, 7) is 0.450. The Kier molecular flexibility index (Phi) is 5.14. The van der Waals surface area contributed by atoms with Crippen molar-refractivity contribution in [2.75, 3.05) is 0 Å². The monoisotopic (exact) mass is 398 g/mol. The van der Waals surface area contributed by atoms with Gasteiger partial charge in [-0.15, -0.1) is 0 Å². The van der Waals surface area contributed by atoms with E-state index in [2.05, 4.69) is 10.6 Å². The van der Waals surface area contributed by atoms with E-state index >= 15 is 0 Å². The maximum Gasteiger partial charge on any atom is 0.171 e. The molecular formula is C21H19ClN2O2S. The summed E-state index contributed by atoms with van der Waals surface area (Å²) in [4.78, 5) is 12.5. The van der Waals surface area contributed by atoms with Crippen molar-refractivity contribution >= 4 is 34.7 Å². The molecule has 0 bridgehead atoms. The summed E-state index contributed by atoms with van der Waals surface area (Å²) in [5, 5.41) is 7.65. The summed E-state index contributed by atoms with van der Waals surface area (Å²) in [6.07, 6.45) is 2.30. The van der Waals surface area contributed by atoms with Gasteiger partial charge in [-0.3, -0.25) is 4.79 Å². The number of thiocarbonyl (C=S) groups is 1. The van der Waals surface area contributed by atoms with Gasteiger partial charge in [0.1, 0.15) is 12.4 Å². The number of nitrogens with one attached hydrogen (secondary N) is 2.